The van der Waals surface area contributed by atoms with Crippen LogP contribution < -0.4 is 15.7 Å². The summed E-state index contributed by atoms with van der Waals surface area (Å²) in [7, 11) is 0.925. The Morgan fingerprint density at radius 3 is 1.71 bits per heavy atom. The largest absolute Gasteiger partial charge is 0.507 e. The molecule has 0 aliphatic carbocycles. The Morgan fingerprint density at radius 2 is 1.02 bits per heavy atom. The smallest absolute Gasteiger partial charge is 0.202 e. The van der Waals surface area contributed by atoms with Crippen LogP contribution >= 0.6 is 0 Å². The summed E-state index contributed by atoms with van der Waals surface area (Å²) in [5.74, 6) is -3.00. The van der Waals surface area contributed by atoms with Gasteiger partial charge in [-0.05, 0) is 99.6 Å². The van der Waals surface area contributed by atoms with Crippen molar-refractivity contribution in [1.29, 1.82) is 0 Å². The van der Waals surface area contributed by atoms with Crippen LogP contribution in [-0.4, -0.2) is 21.5 Å². The highest BCUT2D eigenvalue weighted by Crippen LogP contribution is 2.42. The van der Waals surface area contributed by atoms with Gasteiger partial charge in [-0.3, -0.25) is 0 Å². The van der Waals surface area contributed by atoms with Crippen molar-refractivity contribution in [2.75, 3.05) is 0 Å². The average Bonchev–Trinajstić information content (AvgIpc) is 1.43. The van der Waals surface area contributed by atoms with Gasteiger partial charge in [-0.2, -0.15) is 0 Å². The third-order valence-electron chi connectivity index (χ3n) is 9.51. The number of fused-ring (bicyclic) bond motifs is 8. The number of para-hydroxylation sites is 6. The summed E-state index contributed by atoms with van der Waals surface area (Å²) >= 11 is 0. The van der Waals surface area contributed by atoms with Crippen LogP contribution in [0.2, 0.25) is 0 Å². The molecule has 0 atom stereocenters. The summed E-state index contributed by atoms with van der Waals surface area (Å²) in [5, 5.41) is 10.5. The van der Waals surface area contributed by atoms with Gasteiger partial charge in [0, 0.05) is 38.4 Å². The molecule has 0 unspecified atom stereocenters. The van der Waals surface area contributed by atoms with Crippen molar-refractivity contribution in [3.05, 3.63) is 199 Å². The summed E-state index contributed by atoms with van der Waals surface area (Å²) in [6.07, 6.45) is 0. The van der Waals surface area contributed by atoms with Crippen LogP contribution in [-0.2, 0) is 0 Å². The quantitative estimate of drug-likeness (QED) is 0.177. The molecule has 1 N–H and O–H groups in total. The summed E-state index contributed by atoms with van der Waals surface area (Å²) in [4.78, 5) is 0. The lowest BCUT2D eigenvalue weighted by Crippen LogP contribution is -2.35. The van der Waals surface area contributed by atoms with E-state index in [1.165, 1.54) is 0 Å². The maximum atomic E-state index is 12.8. The molecular weight excluding hydrogens is 719 g/mol. The zero-order valence-electron chi connectivity index (χ0n) is 62.3. The van der Waals surface area contributed by atoms with E-state index in [1.807, 2.05) is 0 Å². The molecule has 4 nitrogen and oxygen atoms in total. The van der Waals surface area contributed by atoms with Crippen molar-refractivity contribution in [1.82, 2.24) is 9.13 Å². The minimum atomic E-state index is -1.46. The van der Waals surface area contributed by atoms with E-state index in [0.29, 0.717) is 9.13 Å². The number of aromatic nitrogens is 2. The minimum absolute atomic E-state index is 0.486. The number of benzene rings is 9. The molecule has 1 aliphatic rings. The van der Waals surface area contributed by atoms with E-state index < -0.39 is 316 Å². The van der Waals surface area contributed by atoms with Gasteiger partial charge in [0.25, 0.3) is 0 Å². The molecule has 5 heteroatoms. The Hall–Kier alpha value is -7.76. The predicted molar refractivity (Wildman–Crippen MR) is 245 cm³/mol. The summed E-state index contributed by atoms with van der Waals surface area (Å²) in [5.41, 5.74) is -11.8. The van der Waals surface area contributed by atoms with E-state index in [9.17, 15) is 20.2 Å². The van der Waals surface area contributed by atoms with Gasteiger partial charge in [0.1, 0.15) is 17.2 Å². The number of rotatable bonds is 5. The number of hydrogen-bond donors (Lipinski definition) is 1. The normalized spacial score (nSPS) is 19.9. The third-order valence-corrected chi connectivity index (χ3v) is 9.51. The third kappa shape index (κ3) is 5.25. The number of nitrogens with zero attached hydrogens (tertiary/aromatic N) is 2. The van der Waals surface area contributed by atoms with Crippen molar-refractivity contribution >= 4 is 61.8 Å². The zero-order chi connectivity index (χ0) is 67.7. The first-order valence-electron chi connectivity index (χ1n) is 33.8. The van der Waals surface area contributed by atoms with Gasteiger partial charge >= 0.3 is 0 Å². The van der Waals surface area contributed by atoms with Crippen LogP contribution in [0.15, 0.2) is 199 Å². The maximum absolute atomic E-state index is 12.8. The molecule has 9 aromatic carbocycles. The molecule has 0 saturated heterocycles. The van der Waals surface area contributed by atoms with Crippen LogP contribution in [0.4, 0.5) is 0 Å². The highest BCUT2D eigenvalue weighted by molar-refractivity contribution is 6.71. The van der Waals surface area contributed by atoms with Crippen molar-refractivity contribution in [2.45, 2.75) is 0 Å². The van der Waals surface area contributed by atoms with Gasteiger partial charge in [-0.25, -0.2) is 0 Å². The van der Waals surface area contributed by atoms with Crippen LogP contribution in [0.1, 0.15) is 45.2 Å². The van der Waals surface area contributed by atoms with Crippen LogP contribution in [0, 0.1) is 0 Å². The van der Waals surface area contributed by atoms with Gasteiger partial charge in [0.05, 0.1) is 73.0 Å². The molecule has 0 fully saturated rings. The molecule has 3 heterocycles. The second-order valence-corrected chi connectivity index (χ2v) is 12.7. The Bertz CT molecular complexity index is 5220. The molecule has 12 rings (SSSR count). The van der Waals surface area contributed by atoms with E-state index >= 15 is 0 Å². The van der Waals surface area contributed by atoms with Crippen molar-refractivity contribution in [2.24, 2.45) is 0 Å². The van der Waals surface area contributed by atoms with Crippen molar-refractivity contribution < 1.29 is 55.1 Å². The molecule has 0 bridgehead atoms. The Morgan fingerprint density at radius 1 is 0.424 bits per heavy atom. The van der Waals surface area contributed by atoms with E-state index in [-0.39, 0.29) is 0 Å². The lowest BCUT2D eigenvalue weighted by Gasteiger charge is -2.24. The number of aromatic hydroxyl groups is 1. The van der Waals surface area contributed by atoms with E-state index in [0.717, 1.165) is 7.28 Å². The fourth-order valence-corrected chi connectivity index (χ4v) is 7.01. The molecule has 0 saturated carbocycles. The lowest BCUT2D eigenvalue weighted by molar-refractivity contribution is 0.477. The fraction of sp³-hybridized carbons (Fsp3) is 0. The second kappa shape index (κ2) is 13.2. The first kappa shape index (κ1) is 14.3. The molecule has 275 valence electrons. The first-order chi connectivity index (χ1) is 42.9. The van der Waals surface area contributed by atoms with Gasteiger partial charge < -0.3 is 19.0 Å². The Labute approximate surface area is 388 Å². The van der Waals surface area contributed by atoms with E-state index in [4.69, 9.17) is 34.9 Å². The van der Waals surface area contributed by atoms with Gasteiger partial charge in [0.2, 0.25) is 7.28 Å². The minimum Gasteiger partial charge on any atom is -0.507 e. The van der Waals surface area contributed by atoms with Crippen molar-refractivity contribution in [3.8, 4) is 62.0 Å². The molecule has 1 radical (unpaired) electrons. The highest BCUT2D eigenvalue weighted by atomic mass is 16.5. The Kier molecular flexibility index (Phi) is 3.18. The summed E-state index contributed by atoms with van der Waals surface area (Å²) < 4.78 is 307. The second-order valence-electron chi connectivity index (χ2n) is 12.7. The van der Waals surface area contributed by atoms with Crippen LogP contribution in [0.3, 0.4) is 0 Å². The first-order valence-corrected chi connectivity index (χ1v) is 17.3. The monoisotopic (exact) mass is 786 g/mol. The molecule has 11 aromatic rings. The van der Waals surface area contributed by atoms with Crippen molar-refractivity contribution in [3.63, 3.8) is 0 Å². The van der Waals surface area contributed by atoms with E-state index in [2.05, 4.69) is 0 Å². The Balaban J connectivity index is 1.24. The molecule has 59 heavy (non-hydrogen) atoms. The van der Waals surface area contributed by atoms with E-state index in [1.54, 1.807) is 0 Å². The van der Waals surface area contributed by atoms with Crippen LogP contribution in [0.25, 0.3) is 88.4 Å². The molecule has 0 spiro atoms. The number of phenolic OH excluding ortho intramolecular Hbond substituents is 1. The highest BCUT2D eigenvalue weighted by Gasteiger charge is 2.25. The molecule has 0 amide bonds. The summed E-state index contributed by atoms with van der Waals surface area (Å²) in [6.45, 7) is 0. The number of phenols is 1. The maximum Gasteiger partial charge on any atom is 0.202 e. The van der Waals surface area contributed by atoms with Crippen LogP contribution in [0.5, 0.6) is 17.2 Å². The molecule has 2 aromatic heterocycles. The zero-order valence-corrected chi connectivity index (χ0v) is 29.3. The molecule has 1 aliphatic heterocycles. The topological polar surface area (TPSA) is 39.3 Å². The predicted octanol–water partition coefficient (Wildman–Crippen LogP) is 12.3. The fourth-order valence-electron chi connectivity index (χ4n) is 7.01. The average molecular weight is 787 g/mol. The standard InChI is InChI=1S/C54H34BN2O2/c58-51-32-35(38-16-1-7-22-46(38)57-49-25-10-4-19-41(49)42-20-5-11-26-50(42)57)28-29-43(51)44-31-36(33-53-54(44)55-45-21-6-12-27-52(45)59-53)34-14-13-15-37(30-34)56-47-23-8-2-17-39(47)40-18-3-9-24-48(40)56/h1-33,58H/i1D,2D,3D,4D,5D,6D,7D,8D,9D,10D,11D,12D,13D,14D,15D,16D,17D,18D,19D,20D,21D,22D,23D,24D,25D,26D,27D,28D,29D,30D,31D,32D,33D. The number of ether oxygens (including phenoxy) is 1. The van der Waals surface area contributed by atoms with Gasteiger partial charge in [0.15, 0.2) is 0 Å². The molecular formula is C54H34BN2O2. The van der Waals surface area contributed by atoms with Gasteiger partial charge in [-0.1, -0.05) is 133 Å². The number of hydrogen-bond acceptors (Lipinski definition) is 2. The lowest BCUT2D eigenvalue weighted by atomic mass is 9.59. The SMILES string of the molecule is [2H]c1c([2H])c([2H])c2c(c1[2H])[B]c1c(c([2H])c(-c3c([2H])c([2H])c([2H])c(-n4c5c([2H])c([2H])c([2H])c([2H])c5c5c([2H])c([2H])c([2H])c([2H])c54)c3[2H])c([2H])c1-c1c([2H])c([2H])c(-c3c([2H])c([2H])c([2H])c([2H])c3-n3c4c([2H])c([2H])c([2H])c([2H])c4c4c([2H])c([2H])c([2H])c([2H])c43)c([2H])c1O)O2. The summed E-state index contributed by atoms with van der Waals surface area (Å²) in [6, 6.07) is -32.9. The van der Waals surface area contributed by atoms with Gasteiger partial charge in [-0.15, -0.1) is 0 Å².